The van der Waals surface area contributed by atoms with Crippen LogP contribution in [0.25, 0.3) is 6.08 Å². The fourth-order valence-corrected chi connectivity index (χ4v) is 5.55. The van der Waals surface area contributed by atoms with Gasteiger partial charge >= 0.3 is 5.97 Å². The third kappa shape index (κ3) is 4.56. The maximum absolute atomic E-state index is 13.6. The molecular formula is C24H24N2O6S2. The van der Waals surface area contributed by atoms with Crippen LogP contribution in [0.3, 0.4) is 0 Å². The van der Waals surface area contributed by atoms with Gasteiger partial charge in [-0.3, -0.25) is 9.36 Å². The summed E-state index contributed by atoms with van der Waals surface area (Å²) in [5, 5.41) is 1.91. The second-order valence-electron chi connectivity index (χ2n) is 7.33. The van der Waals surface area contributed by atoms with Gasteiger partial charge in [-0.05, 0) is 42.6 Å². The van der Waals surface area contributed by atoms with Crippen LogP contribution in [0.15, 0.2) is 56.8 Å². The number of thiophene rings is 1. The minimum Gasteiger partial charge on any atom is -0.497 e. The molecule has 4 rings (SSSR count). The second-order valence-corrected chi connectivity index (χ2v) is 9.32. The van der Waals surface area contributed by atoms with E-state index in [0.29, 0.717) is 37.7 Å². The number of carbonyl (C=O) groups excluding carboxylic acids is 1. The highest BCUT2D eigenvalue weighted by atomic mass is 32.1. The molecule has 10 heteroatoms. The molecule has 178 valence electrons. The number of nitrogens with zero attached hydrogens (tertiary/aromatic N) is 2. The predicted molar refractivity (Wildman–Crippen MR) is 130 cm³/mol. The SMILES string of the molecule is COCCOC(=O)C1=C(C)N=c2s/c(=C/c3cc(OC)ccc3OC)c(=O)n2[C@H]1c1cccs1. The lowest BCUT2D eigenvalue weighted by molar-refractivity contribution is -0.140. The Hall–Kier alpha value is -3.21. The summed E-state index contributed by atoms with van der Waals surface area (Å²) in [4.78, 5) is 32.6. The molecule has 3 heterocycles. The molecule has 1 aliphatic rings. The van der Waals surface area contributed by atoms with Gasteiger partial charge < -0.3 is 18.9 Å². The number of hydrogen-bond acceptors (Lipinski definition) is 9. The summed E-state index contributed by atoms with van der Waals surface area (Å²) in [5.74, 6) is 0.744. The van der Waals surface area contributed by atoms with Crippen molar-refractivity contribution in [1.29, 1.82) is 0 Å². The Morgan fingerprint density at radius 3 is 2.68 bits per heavy atom. The number of methoxy groups -OCH3 is 3. The van der Waals surface area contributed by atoms with Gasteiger partial charge in [0.15, 0.2) is 4.80 Å². The number of benzene rings is 1. The second kappa shape index (κ2) is 10.4. The maximum Gasteiger partial charge on any atom is 0.338 e. The van der Waals surface area contributed by atoms with Crippen molar-refractivity contribution in [3.63, 3.8) is 0 Å². The highest BCUT2D eigenvalue weighted by Crippen LogP contribution is 2.33. The monoisotopic (exact) mass is 500 g/mol. The van der Waals surface area contributed by atoms with Crippen molar-refractivity contribution >= 4 is 34.7 Å². The highest BCUT2D eigenvalue weighted by Gasteiger charge is 2.34. The summed E-state index contributed by atoms with van der Waals surface area (Å²) in [6.45, 7) is 2.16. The molecule has 3 aromatic rings. The van der Waals surface area contributed by atoms with E-state index in [1.165, 1.54) is 29.8 Å². The van der Waals surface area contributed by atoms with E-state index in [1.807, 2.05) is 17.5 Å². The molecule has 0 radical (unpaired) electrons. The Labute approximate surface area is 204 Å². The van der Waals surface area contributed by atoms with Crippen molar-refractivity contribution in [1.82, 2.24) is 4.57 Å². The van der Waals surface area contributed by atoms with Crippen molar-refractivity contribution in [2.45, 2.75) is 13.0 Å². The van der Waals surface area contributed by atoms with Crippen LogP contribution in [-0.2, 0) is 14.3 Å². The van der Waals surface area contributed by atoms with E-state index >= 15 is 0 Å². The van der Waals surface area contributed by atoms with Gasteiger partial charge in [0, 0.05) is 17.6 Å². The van der Waals surface area contributed by atoms with Gasteiger partial charge in [-0.15, -0.1) is 11.3 Å². The first kappa shape index (κ1) is 23.9. The molecule has 1 atom stereocenters. The summed E-state index contributed by atoms with van der Waals surface area (Å²) in [7, 11) is 4.69. The molecular weight excluding hydrogens is 476 g/mol. The average Bonchev–Trinajstić information content (AvgIpc) is 3.47. The van der Waals surface area contributed by atoms with Crippen LogP contribution in [0.5, 0.6) is 11.5 Å². The zero-order valence-corrected chi connectivity index (χ0v) is 20.8. The van der Waals surface area contributed by atoms with Crippen LogP contribution in [-0.4, -0.2) is 45.1 Å². The number of ether oxygens (including phenoxy) is 4. The van der Waals surface area contributed by atoms with Crippen molar-refractivity contribution < 1.29 is 23.7 Å². The van der Waals surface area contributed by atoms with Crippen LogP contribution in [0.4, 0.5) is 0 Å². The Morgan fingerprint density at radius 1 is 1.18 bits per heavy atom. The largest absolute Gasteiger partial charge is 0.497 e. The lowest BCUT2D eigenvalue weighted by atomic mass is 10.0. The number of esters is 1. The number of thiazole rings is 1. The summed E-state index contributed by atoms with van der Waals surface area (Å²) in [5.41, 5.74) is 1.32. The molecule has 0 saturated heterocycles. The minimum atomic E-state index is -0.624. The van der Waals surface area contributed by atoms with Crippen LogP contribution in [0, 0.1) is 0 Å². The van der Waals surface area contributed by atoms with E-state index in [1.54, 1.807) is 50.0 Å². The highest BCUT2D eigenvalue weighted by molar-refractivity contribution is 7.10. The van der Waals surface area contributed by atoms with Crippen LogP contribution in [0.2, 0.25) is 0 Å². The molecule has 1 aromatic carbocycles. The van der Waals surface area contributed by atoms with Crippen LogP contribution >= 0.6 is 22.7 Å². The van der Waals surface area contributed by atoms with E-state index in [-0.39, 0.29) is 18.8 Å². The van der Waals surface area contributed by atoms with E-state index in [0.717, 1.165) is 4.88 Å². The summed E-state index contributed by atoms with van der Waals surface area (Å²) in [6, 6.07) is 8.55. The predicted octanol–water partition coefficient (Wildman–Crippen LogP) is 2.50. The minimum absolute atomic E-state index is 0.114. The van der Waals surface area contributed by atoms with E-state index in [2.05, 4.69) is 4.99 Å². The van der Waals surface area contributed by atoms with Crippen LogP contribution in [0.1, 0.15) is 23.4 Å². The summed E-state index contributed by atoms with van der Waals surface area (Å²) >= 11 is 2.73. The molecule has 1 aliphatic heterocycles. The molecule has 0 amide bonds. The van der Waals surface area contributed by atoms with E-state index in [4.69, 9.17) is 18.9 Å². The number of rotatable bonds is 8. The molecule has 0 aliphatic carbocycles. The first-order chi connectivity index (χ1) is 16.5. The van der Waals surface area contributed by atoms with Crippen molar-refractivity contribution in [3.8, 4) is 11.5 Å². The summed E-state index contributed by atoms with van der Waals surface area (Å²) in [6.07, 6.45) is 1.76. The molecule has 0 N–H and O–H groups in total. The standard InChI is InChI=1S/C24H24N2O6S2/c1-14-20(23(28)32-10-9-29-2)21(18-6-5-11-33-18)26-22(27)19(34-24(26)25-14)13-15-12-16(30-3)7-8-17(15)31-4/h5-8,11-13,21H,9-10H2,1-4H3/b19-13+/t21-/m0/s1. The first-order valence-electron chi connectivity index (χ1n) is 10.4. The lowest BCUT2D eigenvalue weighted by Crippen LogP contribution is -2.39. The van der Waals surface area contributed by atoms with Gasteiger partial charge in [-0.1, -0.05) is 17.4 Å². The lowest BCUT2D eigenvalue weighted by Gasteiger charge is -2.23. The third-order valence-corrected chi connectivity index (χ3v) is 7.21. The van der Waals surface area contributed by atoms with E-state index in [9.17, 15) is 9.59 Å². The number of fused-ring (bicyclic) bond motifs is 1. The van der Waals surface area contributed by atoms with Gasteiger partial charge in [-0.25, -0.2) is 9.79 Å². The molecule has 0 fully saturated rings. The van der Waals surface area contributed by atoms with Gasteiger partial charge in [0.25, 0.3) is 5.56 Å². The first-order valence-corrected chi connectivity index (χ1v) is 12.1. The van der Waals surface area contributed by atoms with Crippen molar-refractivity contribution in [2.75, 3.05) is 34.5 Å². The number of aromatic nitrogens is 1. The van der Waals surface area contributed by atoms with E-state index < -0.39 is 12.0 Å². The molecule has 2 aromatic heterocycles. The van der Waals surface area contributed by atoms with Gasteiger partial charge in [-0.2, -0.15) is 0 Å². The summed E-state index contributed by atoms with van der Waals surface area (Å²) < 4.78 is 23.2. The Kier molecular flexibility index (Phi) is 7.30. The fraction of sp³-hybridized carbons (Fsp3) is 0.292. The normalized spacial score (nSPS) is 15.6. The Balaban J connectivity index is 1.87. The zero-order chi connectivity index (χ0) is 24.2. The van der Waals surface area contributed by atoms with Gasteiger partial charge in [0.05, 0.1) is 36.6 Å². The smallest absolute Gasteiger partial charge is 0.338 e. The number of allylic oxidation sites excluding steroid dienone is 1. The average molecular weight is 501 g/mol. The van der Waals surface area contributed by atoms with Crippen LogP contribution < -0.4 is 24.4 Å². The molecule has 0 unspecified atom stereocenters. The number of carbonyl (C=O) groups is 1. The molecule has 0 saturated carbocycles. The Morgan fingerprint density at radius 2 is 2.00 bits per heavy atom. The molecule has 0 spiro atoms. The van der Waals surface area contributed by atoms with Gasteiger partial charge in [0.2, 0.25) is 0 Å². The molecule has 8 nitrogen and oxygen atoms in total. The topological polar surface area (TPSA) is 88.4 Å². The van der Waals surface area contributed by atoms with Crippen molar-refractivity contribution in [2.24, 2.45) is 4.99 Å². The third-order valence-electron chi connectivity index (χ3n) is 5.30. The quantitative estimate of drug-likeness (QED) is 0.349. The zero-order valence-electron chi connectivity index (χ0n) is 19.2. The molecule has 34 heavy (non-hydrogen) atoms. The fourth-order valence-electron chi connectivity index (χ4n) is 3.69. The Bertz CT molecular complexity index is 1400. The van der Waals surface area contributed by atoms with Gasteiger partial charge in [0.1, 0.15) is 24.1 Å². The maximum atomic E-state index is 13.6. The van der Waals surface area contributed by atoms with Crippen molar-refractivity contribution in [3.05, 3.63) is 77.1 Å². The molecule has 0 bridgehead atoms. The number of hydrogen-bond donors (Lipinski definition) is 0.